The van der Waals surface area contributed by atoms with Crippen LogP contribution < -0.4 is 5.32 Å². The third kappa shape index (κ3) is 5.49. The van der Waals surface area contributed by atoms with Gasteiger partial charge in [0.15, 0.2) is 0 Å². The minimum absolute atomic E-state index is 0.0458. The highest BCUT2D eigenvalue weighted by Gasteiger charge is 2.35. The number of hydrogen-bond acceptors (Lipinski definition) is 6. The normalized spacial score (nSPS) is 17.3. The molecular formula is C30H32N4O4S. The summed E-state index contributed by atoms with van der Waals surface area (Å²) in [6, 6.07) is 15.2. The highest BCUT2D eigenvalue weighted by atomic mass is 32.2. The second kappa shape index (κ2) is 11.1. The first-order chi connectivity index (χ1) is 18.7. The number of benzene rings is 2. The van der Waals surface area contributed by atoms with Crippen molar-refractivity contribution in [3.8, 4) is 5.69 Å². The van der Waals surface area contributed by atoms with E-state index in [0.717, 1.165) is 65.5 Å². The van der Waals surface area contributed by atoms with Crippen molar-refractivity contribution < 1.29 is 14.5 Å². The highest BCUT2D eigenvalue weighted by molar-refractivity contribution is 8.18. The van der Waals surface area contributed by atoms with E-state index in [2.05, 4.69) is 5.32 Å². The molecule has 5 rings (SSSR count). The Hall–Kier alpha value is -3.85. The van der Waals surface area contributed by atoms with Crippen LogP contribution in [0.1, 0.15) is 60.2 Å². The zero-order valence-corrected chi connectivity index (χ0v) is 23.2. The number of nitrogens with zero attached hydrogens (tertiary/aromatic N) is 3. The number of nitrogens with one attached hydrogen (secondary N) is 1. The van der Waals surface area contributed by atoms with Gasteiger partial charge in [-0.15, -0.1) is 0 Å². The van der Waals surface area contributed by atoms with Crippen LogP contribution in [0.25, 0.3) is 11.8 Å². The average Bonchev–Trinajstić information content (AvgIpc) is 3.34. The first kappa shape index (κ1) is 26.7. The maximum Gasteiger partial charge on any atom is 0.294 e. The van der Waals surface area contributed by atoms with Crippen molar-refractivity contribution in [2.75, 3.05) is 5.32 Å². The molecule has 202 valence electrons. The van der Waals surface area contributed by atoms with Crippen LogP contribution in [0.3, 0.4) is 0 Å². The summed E-state index contributed by atoms with van der Waals surface area (Å²) < 4.78 is 1.95. The Morgan fingerprint density at radius 2 is 1.79 bits per heavy atom. The largest absolute Gasteiger partial charge is 0.377 e. The predicted octanol–water partition coefficient (Wildman–Crippen LogP) is 7.29. The quantitative estimate of drug-likeness (QED) is 0.191. The molecule has 0 radical (unpaired) electrons. The summed E-state index contributed by atoms with van der Waals surface area (Å²) in [4.78, 5) is 39.1. The molecule has 39 heavy (non-hydrogen) atoms. The molecular weight excluding hydrogens is 512 g/mol. The van der Waals surface area contributed by atoms with E-state index < -0.39 is 0 Å². The van der Waals surface area contributed by atoms with Crippen LogP contribution in [-0.2, 0) is 11.3 Å². The summed E-state index contributed by atoms with van der Waals surface area (Å²) in [5.41, 5.74) is 5.73. The molecule has 9 heteroatoms. The number of nitro benzene ring substituents is 1. The summed E-state index contributed by atoms with van der Waals surface area (Å²) in [5, 5.41) is 15.1. The zero-order chi connectivity index (χ0) is 27.7. The first-order valence-corrected chi connectivity index (χ1v) is 14.1. The molecule has 1 aliphatic heterocycles. The van der Waals surface area contributed by atoms with Gasteiger partial charge in [-0.05, 0) is 86.3 Å². The molecule has 1 saturated heterocycles. The van der Waals surface area contributed by atoms with Crippen LogP contribution in [0.4, 0.5) is 16.2 Å². The van der Waals surface area contributed by atoms with Gasteiger partial charge in [0, 0.05) is 23.5 Å². The van der Waals surface area contributed by atoms with Gasteiger partial charge in [0.25, 0.3) is 16.8 Å². The van der Waals surface area contributed by atoms with E-state index >= 15 is 0 Å². The van der Waals surface area contributed by atoms with E-state index in [0.29, 0.717) is 16.3 Å². The van der Waals surface area contributed by atoms with Crippen molar-refractivity contribution in [2.45, 2.75) is 65.5 Å². The molecule has 2 aromatic carbocycles. The highest BCUT2D eigenvalue weighted by Crippen LogP contribution is 2.36. The van der Waals surface area contributed by atoms with Crippen molar-refractivity contribution in [2.24, 2.45) is 0 Å². The maximum atomic E-state index is 13.2. The lowest BCUT2D eigenvalue weighted by Crippen LogP contribution is -2.27. The van der Waals surface area contributed by atoms with Crippen molar-refractivity contribution >= 4 is 40.4 Å². The van der Waals surface area contributed by atoms with E-state index in [-0.39, 0.29) is 34.3 Å². The zero-order valence-electron chi connectivity index (χ0n) is 22.4. The second-order valence-corrected chi connectivity index (χ2v) is 11.3. The maximum absolute atomic E-state index is 13.2. The number of carbonyl (C=O) groups is 2. The van der Waals surface area contributed by atoms with Crippen LogP contribution in [0.2, 0.25) is 0 Å². The SMILES string of the molecule is Cc1ccccc1CN1C(=O)S/C(=C\c2cc(C)n(-c3ccc(NC4CCCCC4)c([N+](=O)[O-])c3)c2C)C1=O. The Morgan fingerprint density at radius 3 is 2.51 bits per heavy atom. The molecule has 0 unspecified atom stereocenters. The Morgan fingerprint density at radius 1 is 1.05 bits per heavy atom. The van der Waals surface area contributed by atoms with Crippen molar-refractivity contribution in [1.29, 1.82) is 0 Å². The fourth-order valence-corrected chi connectivity index (χ4v) is 6.29. The summed E-state index contributed by atoms with van der Waals surface area (Å²) in [6.07, 6.45) is 7.28. The lowest BCUT2D eigenvalue weighted by atomic mass is 9.95. The molecule has 3 aromatic rings. The minimum atomic E-state index is -0.339. The molecule has 8 nitrogen and oxygen atoms in total. The number of amides is 2. The van der Waals surface area contributed by atoms with Crippen LogP contribution >= 0.6 is 11.8 Å². The number of nitro groups is 1. The number of rotatable bonds is 7. The smallest absolute Gasteiger partial charge is 0.294 e. The van der Waals surface area contributed by atoms with Gasteiger partial charge in [0.2, 0.25) is 0 Å². The van der Waals surface area contributed by atoms with Gasteiger partial charge in [-0.25, -0.2) is 0 Å². The van der Waals surface area contributed by atoms with Gasteiger partial charge < -0.3 is 9.88 Å². The van der Waals surface area contributed by atoms with Crippen molar-refractivity contribution in [3.05, 3.63) is 91.6 Å². The molecule has 2 amide bonds. The monoisotopic (exact) mass is 544 g/mol. The fraction of sp³-hybridized carbons (Fsp3) is 0.333. The molecule has 1 aromatic heterocycles. The summed E-state index contributed by atoms with van der Waals surface area (Å²) in [7, 11) is 0. The Bertz CT molecular complexity index is 1490. The molecule has 0 atom stereocenters. The molecule has 1 aliphatic carbocycles. The number of thioether (sulfide) groups is 1. The summed E-state index contributed by atoms with van der Waals surface area (Å²) in [5.74, 6) is -0.313. The van der Waals surface area contributed by atoms with Crippen molar-refractivity contribution in [3.63, 3.8) is 0 Å². The van der Waals surface area contributed by atoms with E-state index in [4.69, 9.17) is 0 Å². The van der Waals surface area contributed by atoms with E-state index in [1.54, 1.807) is 18.2 Å². The molecule has 0 spiro atoms. The lowest BCUT2D eigenvalue weighted by Gasteiger charge is -2.24. The number of anilines is 1. The van der Waals surface area contributed by atoms with Gasteiger partial charge in [-0.1, -0.05) is 43.5 Å². The lowest BCUT2D eigenvalue weighted by molar-refractivity contribution is -0.384. The van der Waals surface area contributed by atoms with Crippen LogP contribution in [0.15, 0.2) is 53.4 Å². The van der Waals surface area contributed by atoms with Gasteiger partial charge >= 0.3 is 0 Å². The Labute approximate surface area is 232 Å². The molecule has 0 bridgehead atoms. The van der Waals surface area contributed by atoms with E-state index in [9.17, 15) is 19.7 Å². The molecule has 2 heterocycles. The number of aromatic nitrogens is 1. The van der Waals surface area contributed by atoms with Gasteiger partial charge in [0.05, 0.1) is 22.1 Å². The standard InChI is InChI=1S/C30H32N4O4S/c1-19-9-7-8-10-22(19)18-32-29(35)28(39-30(32)36)16-23-15-20(2)33(21(23)3)25-13-14-26(27(17-25)34(37)38)31-24-11-5-4-6-12-24/h7-10,13-17,24,31H,4-6,11-12,18H2,1-3H3/b28-16-. The Kier molecular flexibility index (Phi) is 7.61. The van der Waals surface area contributed by atoms with Crippen molar-refractivity contribution in [1.82, 2.24) is 9.47 Å². The number of aryl methyl sites for hydroxylation is 2. The molecule has 2 fully saturated rings. The first-order valence-electron chi connectivity index (χ1n) is 13.3. The minimum Gasteiger partial charge on any atom is -0.377 e. The predicted molar refractivity (Wildman–Crippen MR) is 155 cm³/mol. The van der Waals surface area contributed by atoms with Gasteiger partial charge in [-0.2, -0.15) is 0 Å². The Balaban J connectivity index is 1.41. The third-order valence-electron chi connectivity index (χ3n) is 7.62. The fourth-order valence-electron chi connectivity index (χ4n) is 5.47. The van der Waals surface area contributed by atoms with Crippen LogP contribution in [-0.4, -0.2) is 31.6 Å². The topological polar surface area (TPSA) is 97.5 Å². The van der Waals surface area contributed by atoms with Crippen LogP contribution in [0.5, 0.6) is 0 Å². The number of carbonyl (C=O) groups excluding carboxylic acids is 2. The molecule has 1 N–H and O–H groups in total. The molecule has 1 saturated carbocycles. The molecule has 2 aliphatic rings. The average molecular weight is 545 g/mol. The number of imide groups is 1. The second-order valence-electron chi connectivity index (χ2n) is 10.3. The summed E-state index contributed by atoms with van der Waals surface area (Å²) in [6.45, 7) is 6.03. The van der Waals surface area contributed by atoms with E-state index in [1.807, 2.05) is 61.7 Å². The van der Waals surface area contributed by atoms with Crippen LogP contribution in [0, 0.1) is 30.9 Å². The van der Waals surface area contributed by atoms with Gasteiger partial charge in [0.1, 0.15) is 5.69 Å². The van der Waals surface area contributed by atoms with E-state index in [1.165, 1.54) is 11.3 Å². The summed E-state index contributed by atoms with van der Waals surface area (Å²) >= 11 is 0.938. The third-order valence-corrected chi connectivity index (χ3v) is 8.53. The van der Waals surface area contributed by atoms with Gasteiger partial charge in [-0.3, -0.25) is 24.6 Å². The number of hydrogen-bond donors (Lipinski definition) is 1.